The van der Waals surface area contributed by atoms with Gasteiger partial charge in [0.1, 0.15) is 0 Å². The number of nitrogens with zero attached hydrogens (tertiary/aromatic N) is 3. The van der Waals surface area contributed by atoms with Crippen LogP contribution in [0.2, 0.25) is 0 Å². The number of likely N-dealkylation sites (tertiary alicyclic amines) is 1. The van der Waals surface area contributed by atoms with Gasteiger partial charge < -0.3 is 4.90 Å². The lowest BCUT2D eigenvalue weighted by molar-refractivity contribution is -0.139. The Bertz CT molecular complexity index is 922. The lowest BCUT2D eigenvalue weighted by Gasteiger charge is -2.45. The first-order valence-electron chi connectivity index (χ1n) is 12.2. The van der Waals surface area contributed by atoms with Crippen LogP contribution < -0.4 is 0 Å². The minimum absolute atomic E-state index is 0.242. The second-order valence-corrected chi connectivity index (χ2v) is 11.7. The molecule has 0 N–H and O–H groups in total. The van der Waals surface area contributed by atoms with Gasteiger partial charge in [-0.25, -0.2) is 8.42 Å². The number of amides is 1. The summed E-state index contributed by atoms with van der Waals surface area (Å²) in [6.07, 6.45) is 10.5. The molecule has 170 valence electrons. The highest BCUT2D eigenvalue weighted by molar-refractivity contribution is 7.89. The normalized spacial score (nSPS) is 27.7. The van der Waals surface area contributed by atoms with Gasteiger partial charge >= 0.3 is 0 Å². The Balaban J connectivity index is 1.18. The van der Waals surface area contributed by atoms with Crippen molar-refractivity contribution in [3.8, 4) is 0 Å². The number of carbonyl (C=O) groups excluding carboxylic acids is 1. The van der Waals surface area contributed by atoms with Crippen molar-refractivity contribution in [3.05, 3.63) is 29.3 Å². The summed E-state index contributed by atoms with van der Waals surface area (Å²) in [7, 11) is -3.46. The summed E-state index contributed by atoms with van der Waals surface area (Å²) in [5, 5.41) is 0. The van der Waals surface area contributed by atoms with Gasteiger partial charge in [0, 0.05) is 38.8 Å². The summed E-state index contributed by atoms with van der Waals surface area (Å²) in [4.78, 5) is 17.8. The number of piperazine rings is 1. The summed E-state index contributed by atoms with van der Waals surface area (Å²) in [6.45, 7) is 3.48. The highest BCUT2D eigenvalue weighted by Crippen LogP contribution is 2.35. The van der Waals surface area contributed by atoms with Gasteiger partial charge in [-0.3, -0.25) is 9.69 Å². The molecule has 2 aliphatic carbocycles. The van der Waals surface area contributed by atoms with E-state index < -0.39 is 10.0 Å². The molecule has 3 fully saturated rings. The molecule has 2 atom stereocenters. The molecule has 0 radical (unpaired) electrons. The number of hydrogen-bond acceptors (Lipinski definition) is 4. The summed E-state index contributed by atoms with van der Waals surface area (Å²) >= 11 is 0. The van der Waals surface area contributed by atoms with E-state index in [1.807, 2.05) is 12.1 Å². The van der Waals surface area contributed by atoms with Gasteiger partial charge in [0.25, 0.3) is 0 Å². The zero-order valence-corrected chi connectivity index (χ0v) is 19.3. The maximum Gasteiger partial charge on any atom is 0.243 e. The fourth-order valence-electron chi connectivity index (χ4n) is 6.20. The molecule has 31 heavy (non-hydrogen) atoms. The van der Waals surface area contributed by atoms with Gasteiger partial charge in [-0.05, 0) is 74.1 Å². The standard InChI is InChI=1S/C24H35N3O3S/c28-24(27-12-4-8-20-5-1-2-9-23(20)27)18-25-13-15-26(16-14-25)31(29,30)22-11-10-19-6-3-7-21(19)17-22/h10-11,17,20,23H,1-9,12-16,18H2/t20-,23+/m0/s1. The van der Waals surface area contributed by atoms with Gasteiger partial charge in [-0.15, -0.1) is 0 Å². The van der Waals surface area contributed by atoms with Gasteiger partial charge in [0.2, 0.25) is 15.9 Å². The Hall–Kier alpha value is -1.44. The number of hydrogen-bond donors (Lipinski definition) is 0. The fourth-order valence-corrected chi connectivity index (χ4v) is 7.68. The Kier molecular flexibility index (Phi) is 6.10. The average Bonchev–Trinajstić information content (AvgIpc) is 3.27. The highest BCUT2D eigenvalue weighted by atomic mass is 32.2. The molecule has 2 saturated heterocycles. The Labute approximate surface area is 186 Å². The van der Waals surface area contributed by atoms with E-state index in [4.69, 9.17) is 0 Å². The number of benzene rings is 1. The Morgan fingerprint density at radius 2 is 1.61 bits per heavy atom. The second-order valence-electron chi connectivity index (χ2n) is 9.81. The summed E-state index contributed by atoms with van der Waals surface area (Å²) < 4.78 is 27.9. The molecule has 2 heterocycles. The van der Waals surface area contributed by atoms with Crippen LogP contribution in [0.1, 0.15) is 56.1 Å². The van der Waals surface area contributed by atoms with E-state index in [9.17, 15) is 13.2 Å². The molecule has 1 amide bonds. The van der Waals surface area contributed by atoms with E-state index in [1.165, 1.54) is 36.8 Å². The summed E-state index contributed by atoms with van der Waals surface area (Å²) in [5.41, 5.74) is 2.48. The molecule has 4 aliphatic rings. The molecule has 6 nitrogen and oxygen atoms in total. The van der Waals surface area contributed by atoms with Crippen LogP contribution >= 0.6 is 0 Å². The van der Waals surface area contributed by atoms with Gasteiger partial charge in [-0.2, -0.15) is 4.31 Å². The first-order chi connectivity index (χ1) is 15.0. The molecule has 1 aromatic carbocycles. The highest BCUT2D eigenvalue weighted by Gasteiger charge is 2.37. The number of sulfonamides is 1. The lowest BCUT2D eigenvalue weighted by atomic mass is 9.78. The van der Waals surface area contributed by atoms with Crippen molar-refractivity contribution in [1.29, 1.82) is 0 Å². The van der Waals surface area contributed by atoms with E-state index in [2.05, 4.69) is 9.80 Å². The molecule has 7 heteroatoms. The maximum atomic E-state index is 13.2. The van der Waals surface area contributed by atoms with E-state index in [0.29, 0.717) is 49.6 Å². The van der Waals surface area contributed by atoms with Crippen molar-refractivity contribution >= 4 is 15.9 Å². The largest absolute Gasteiger partial charge is 0.338 e. The van der Waals surface area contributed by atoms with Gasteiger partial charge in [0.05, 0.1) is 11.4 Å². The van der Waals surface area contributed by atoms with Crippen molar-refractivity contribution in [2.24, 2.45) is 5.92 Å². The van der Waals surface area contributed by atoms with Crippen molar-refractivity contribution in [2.45, 2.75) is 68.7 Å². The van der Waals surface area contributed by atoms with Crippen molar-refractivity contribution in [3.63, 3.8) is 0 Å². The van der Waals surface area contributed by atoms with Gasteiger partial charge in [0.15, 0.2) is 0 Å². The zero-order chi connectivity index (χ0) is 21.4. The molecule has 2 aliphatic heterocycles. The van der Waals surface area contributed by atoms with Crippen molar-refractivity contribution < 1.29 is 13.2 Å². The lowest BCUT2D eigenvalue weighted by Crippen LogP contribution is -2.55. The molecule has 0 bridgehead atoms. The van der Waals surface area contributed by atoms with E-state index in [0.717, 1.165) is 38.6 Å². The fraction of sp³-hybridized carbons (Fsp3) is 0.708. The van der Waals surface area contributed by atoms with Crippen LogP contribution in [0.5, 0.6) is 0 Å². The first kappa shape index (κ1) is 21.4. The predicted octanol–water partition coefficient (Wildman–Crippen LogP) is 2.66. The monoisotopic (exact) mass is 445 g/mol. The van der Waals surface area contributed by atoms with Crippen molar-refractivity contribution in [1.82, 2.24) is 14.1 Å². The molecular weight excluding hydrogens is 410 g/mol. The smallest absolute Gasteiger partial charge is 0.243 e. The second kappa shape index (κ2) is 8.83. The van der Waals surface area contributed by atoms with Crippen LogP contribution in [0.3, 0.4) is 0 Å². The molecular formula is C24H35N3O3S. The topological polar surface area (TPSA) is 60.9 Å². The third kappa shape index (κ3) is 4.29. The van der Waals surface area contributed by atoms with Gasteiger partial charge in [-0.1, -0.05) is 18.9 Å². The maximum absolute atomic E-state index is 13.2. The minimum Gasteiger partial charge on any atom is -0.338 e. The number of carbonyl (C=O) groups is 1. The van der Waals surface area contributed by atoms with E-state index >= 15 is 0 Å². The number of fused-ring (bicyclic) bond motifs is 2. The molecule has 1 saturated carbocycles. The van der Waals surface area contributed by atoms with E-state index in [-0.39, 0.29) is 5.91 Å². The SMILES string of the molecule is O=C(CN1CCN(S(=O)(=O)c2ccc3c(c2)CCC3)CC1)N1CCC[C@@H]2CCCC[C@H]21. The average molecular weight is 446 g/mol. The van der Waals surface area contributed by atoms with Crippen molar-refractivity contribution in [2.75, 3.05) is 39.3 Å². The zero-order valence-electron chi connectivity index (χ0n) is 18.5. The molecule has 0 aromatic heterocycles. The summed E-state index contributed by atoms with van der Waals surface area (Å²) in [5.74, 6) is 0.937. The van der Waals surface area contributed by atoms with Crippen LogP contribution in [-0.4, -0.2) is 73.7 Å². The molecule has 0 spiro atoms. The molecule has 0 unspecified atom stereocenters. The first-order valence-corrected chi connectivity index (χ1v) is 13.6. The van der Waals surface area contributed by atoms with Crippen LogP contribution in [0.4, 0.5) is 0 Å². The quantitative estimate of drug-likeness (QED) is 0.715. The number of piperidine rings is 1. The van der Waals surface area contributed by atoms with Crippen LogP contribution in [0.15, 0.2) is 23.1 Å². The summed E-state index contributed by atoms with van der Waals surface area (Å²) in [6, 6.07) is 6.08. The number of aryl methyl sites for hydroxylation is 2. The molecule has 1 aromatic rings. The van der Waals surface area contributed by atoms with Crippen LogP contribution in [-0.2, 0) is 27.7 Å². The van der Waals surface area contributed by atoms with Crippen LogP contribution in [0.25, 0.3) is 0 Å². The third-order valence-electron chi connectivity index (χ3n) is 7.96. The Morgan fingerprint density at radius 1 is 0.871 bits per heavy atom. The number of rotatable bonds is 4. The Morgan fingerprint density at radius 3 is 2.45 bits per heavy atom. The van der Waals surface area contributed by atoms with E-state index in [1.54, 1.807) is 10.4 Å². The minimum atomic E-state index is -3.46. The van der Waals surface area contributed by atoms with Crippen LogP contribution in [0, 0.1) is 5.92 Å². The predicted molar refractivity (Wildman–Crippen MR) is 120 cm³/mol. The third-order valence-corrected chi connectivity index (χ3v) is 9.86. The molecule has 5 rings (SSSR count).